The van der Waals surface area contributed by atoms with Gasteiger partial charge in [-0.05, 0) is 71.2 Å². The van der Waals surface area contributed by atoms with E-state index in [1.807, 2.05) is 7.05 Å². The van der Waals surface area contributed by atoms with Crippen LogP contribution >= 0.6 is 0 Å². The topological polar surface area (TPSA) is 52.1 Å². The number of nitrogens with one attached hydrogen (secondary N) is 2. The molecule has 6 nitrogen and oxygen atoms in total. The van der Waals surface area contributed by atoms with Crippen molar-refractivity contribution in [2.45, 2.75) is 57.9 Å². The minimum atomic E-state index is 0.276. The van der Waals surface area contributed by atoms with Crippen LogP contribution in [-0.2, 0) is 4.74 Å². The number of ether oxygens (including phenoxy) is 1. The van der Waals surface area contributed by atoms with E-state index in [9.17, 15) is 0 Å². The normalized spacial score (nSPS) is 22.2. The molecule has 0 aromatic carbocycles. The SMILES string of the molecule is CN=C(NCCOCCC(C)C)NCC1(N2CCCCC2)CCN(C)CC1. The van der Waals surface area contributed by atoms with Gasteiger partial charge in [-0.1, -0.05) is 20.3 Å². The van der Waals surface area contributed by atoms with Crippen molar-refractivity contribution in [1.29, 1.82) is 0 Å². The van der Waals surface area contributed by atoms with Crippen LogP contribution in [-0.4, -0.2) is 87.9 Å². The zero-order chi connectivity index (χ0) is 19.5. The molecule has 2 heterocycles. The molecule has 2 saturated heterocycles. The molecule has 0 bridgehead atoms. The smallest absolute Gasteiger partial charge is 0.191 e. The van der Waals surface area contributed by atoms with E-state index in [2.05, 4.69) is 46.3 Å². The van der Waals surface area contributed by atoms with Gasteiger partial charge in [-0.15, -0.1) is 0 Å². The van der Waals surface area contributed by atoms with Gasteiger partial charge in [0.05, 0.1) is 6.61 Å². The van der Waals surface area contributed by atoms with Crippen LogP contribution in [0.15, 0.2) is 4.99 Å². The standard InChI is InChI=1S/C21H43N5O/c1-19(2)8-16-27-17-11-23-20(22-3)24-18-21(9-14-25(4)15-10-21)26-12-6-5-7-13-26/h19H,5-18H2,1-4H3,(H2,22,23,24). The van der Waals surface area contributed by atoms with Gasteiger partial charge in [0.25, 0.3) is 0 Å². The van der Waals surface area contributed by atoms with Crippen molar-refractivity contribution in [3.8, 4) is 0 Å². The fourth-order valence-electron chi connectivity index (χ4n) is 4.14. The van der Waals surface area contributed by atoms with E-state index in [4.69, 9.17) is 4.74 Å². The highest BCUT2D eigenvalue weighted by molar-refractivity contribution is 5.79. The van der Waals surface area contributed by atoms with E-state index in [0.717, 1.165) is 38.7 Å². The number of hydrogen-bond acceptors (Lipinski definition) is 4. The summed E-state index contributed by atoms with van der Waals surface area (Å²) in [4.78, 5) is 9.64. The van der Waals surface area contributed by atoms with E-state index in [1.54, 1.807) is 0 Å². The second-order valence-electron chi connectivity index (χ2n) is 8.72. The summed E-state index contributed by atoms with van der Waals surface area (Å²) in [5, 5.41) is 7.04. The molecule has 2 fully saturated rings. The van der Waals surface area contributed by atoms with Crippen LogP contribution in [0.1, 0.15) is 52.4 Å². The molecule has 0 aromatic rings. The average molecular weight is 382 g/mol. The molecule has 2 rings (SSSR count). The summed E-state index contributed by atoms with van der Waals surface area (Å²) in [5.41, 5.74) is 0.276. The van der Waals surface area contributed by atoms with Gasteiger partial charge in [-0.2, -0.15) is 0 Å². The van der Waals surface area contributed by atoms with Gasteiger partial charge >= 0.3 is 0 Å². The van der Waals surface area contributed by atoms with Crippen molar-refractivity contribution in [2.24, 2.45) is 10.9 Å². The summed E-state index contributed by atoms with van der Waals surface area (Å²) in [5.74, 6) is 1.60. The number of piperidine rings is 2. The molecule has 2 aliphatic rings. The molecule has 2 aliphatic heterocycles. The Labute approximate surface area is 167 Å². The molecule has 0 aromatic heterocycles. The summed E-state index contributed by atoms with van der Waals surface area (Å²) in [7, 11) is 4.10. The third kappa shape index (κ3) is 7.59. The second kappa shape index (κ2) is 11.9. The van der Waals surface area contributed by atoms with Crippen LogP contribution in [0, 0.1) is 5.92 Å². The summed E-state index contributed by atoms with van der Waals surface area (Å²) in [6.45, 7) is 12.7. The van der Waals surface area contributed by atoms with E-state index in [0.29, 0.717) is 5.92 Å². The molecular formula is C21H43N5O. The zero-order valence-electron chi connectivity index (χ0n) is 18.2. The van der Waals surface area contributed by atoms with Gasteiger partial charge in [0, 0.05) is 32.3 Å². The fourth-order valence-corrected chi connectivity index (χ4v) is 4.14. The van der Waals surface area contributed by atoms with Crippen LogP contribution in [0.2, 0.25) is 0 Å². The Hall–Kier alpha value is -0.850. The summed E-state index contributed by atoms with van der Waals surface area (Å²) in [6.07, 6.45) is 7.69. The predicted octanol–water partition coefficient (Wildman–Crippen LogP) is 2.16. The molecule has 0 saturated carbocycles. The number of aliphatic imine (C=N–C) groups is 1. The lowest BCUT2D eigenvalue weighted by Crippen LogP contribution is -2.62. The summed E-state index contributed by atoms with van der Waals surface area (Å²) < 4.78 is 5.70. The van der Waals surface area contributed by atoms with Crippen LogP contribution in [0.4, 0.5) is 0 Å². The monoisotopic (exact) mass is 381 g/mol. The van der Waals surface area contributed by atoms with Crippen LogP contribution < -0.4 is 10.6 Å². The first-order chi connectivity index (χ1) is 13.1. The lowest BCUT2D eigenvalue weighted by molar-refractivity contribution is 0.0173. The van der Waals surface area contributed by atoms with Gasteiger partial charge in [-0.3, -0.25) is 9.89 Å². The van der Waals surface area contributed by atoms with Crippen molar-refractivity contribution in [1.82, 2.24) is 20.4 Å². The maximum atomic E-state index is 5.70. The summed E-state index contributed by atoms with van der Waals surface area (Å²) in [6, 6.07) is 0. The molecule has 0 atom stereocenters. The highest BCUT2D eigenvalue weighted by Crippen LogP contribution is 2.30. The third-order valence-corrected chi connectivity index (χ3v) is 6.13. The largest absolute Gasteiger partial charge is 0.380 e. The molecule has 6 heteroatoms. The Morgan fingerprint density at radius 3 is 2.37 bits per heavy atom. The Morgan fingerprint density at radius 1 is 1.04 bits per heavy atom. The number of hydrogen-bond donors (Lipinski definition) is 2. The first kappa shape index (κ1) is 22.4. The number of rotatable bonds is 9. The van der Waals surface area contributed by atoms with Gasteiger partial charge in [0.1, 0.15) is 0 Å². The van der Waals surface area contributed by atoms with Gasteiger partial charge < -0.3 is 20.3 Å². The highest BCUT2D eigenvalue weighted by Gasteiger charge is 2.39. The van der Waals surface area contributed by atoms with Crippen molar-refractivity contribution in [3.63, 3.8) is 0 Å². The van der Waals surface area contributed by atoms with Gasteiger partial charge in [0.2, 0.25) is 0 Å². The molecule has 2 N–H and O–H groups in total. The Balaban J connectivity index is 1.78. The molecule has 0 radical (unpaired) electrons. The quantitative estimate of drug-likeness (QED) is 0.364. The molecule has 0 spiro atoms. The van der Waals surface area contributed by atoms with Crippen molar-refractivity contribution in [2.75, 3.05) is 66.6 Å². The third-order valence-electron chi connectivity index (χ3n) is 6.13. The van der Waals surface area contributed by atoms with Crippen LogP contribution in [0.3, 0.4) is 0 Å². The van der Waals surface area contributed by atoms with Crippen molar-refractivity contribution >= 4 is 5.96 Å². The second-order valence-corrected chi connectivity index (χ2v) is 8.72. The fraction of sp³-hybridized carbons (Fsp3) is 0.952. The minimum absolute atomic E-state index is 0.276. The molecular weight excluding hydrogens is 338 g/mol. The first-order valence-electron chi connectivity index (χ1n) is 11.0. The molecule has 0 unspecified atom stereocenters. The van der Waals surface area contributed by atoms with E-state index in [1.165, 1.54) is 58.3 Å². The Morgan fingerprint density at radius 2 is 1.74 bits per heavy atom. The molecule has 158 valence electrons. The molecule has 0 aliphatic carbocycles. The van der Waals surface area contributed by atoms with Gasteiger partial charge in [-0.25, -0.2) is 0 Å². The zero-order valence-corrected chi connectivity index (χ0v) is 18.2. The van der Waals surface area contributed by atoms with E-state index >= 15 is 0 Å². The predicted molar refractivity (Wildman–Crippen MR) is 115 cm³/mol. The van der Waals surface area contributed by atoms with Crippen LogP contribution in [0.25, 0.3) is 0 Å². The Kier molecular flexibility index (Phi) is 9.87. The Bertz CT molecular complexity index is 426. The first-order valence-corrected chi connectivity index (χ1v) is 11.0. The number of guanidine groups is 1. The lowest BCUT2D eigenvalue weighted by atomic mass is 9.84. The van der Waals surface area contributed by atoms with Crippen LogP contribution in [0.5, 0.6) is 0 Å². The molecule has 27 heavy (non-hydrogen) atoms. The van der Waals surface area contributed by atoms with Gasteiger partial charge in [0.15, 0.2) is 5.96 Å². The van der Waals surface area contributed by atoms with E-state index in [-0.39, 0.29) is 5.54 Å². The van der Waals surface area contributed by atoms with Crippen molar-refractivity contribution < 1.29 is 4.74 Å². The number of nitrogens with zero attached hydrogens (tertiary/aromatic N) is 3. The van der Waals surface area contributed by atoms with E-state index < -0.39 is 0 Å². The van der Waals surface area contributed by atoms with Crippen molar-refractivity contribution in [3.05, 3.63) is 0 Å². The maximum Gasteiger partial charge on any atom is 0.191 e. The average Bonchev–Trinajstić information content (AvgIpc) is 2.69. The minimum Gasteiger partial charge on any atom is -0.380 e. The summed E-state index contributed by atoms with van der Waals surface area (Å²) >= 11 is 0. The lowest BCUT2D eigenvalue weighted by Gasteiger charge is -2.50. The highest BCUT2D eigenvalue weighted by atomic mass is 16.5. The molecule has 0 amide bonds. The maximum absolute atomic E-state index is 5.70. The number of likely N-dealkylation sites (tertiary alicyclic amines) is 2.